The number of benzene rings is 2. The molecule has 3 aromatic rings. The molecule has 5 rings (SSSR count). The number of aromatic nitrogens is 1. The molecule has 0 atom stereocenters. The average molecular weight is 520 g/mol. The van der Waals surface area contributed by atoms with E-state index in [4.69, 9.17) is 41.2 Å². The Kier molecular flexibility index (Phi) is 7.17. The minimum atomic E-state index is -4.92. The normalized spacial score (nSPS) is 14.2. The molecule has 2 aliphatic rings. The van der Waals surface area contributed by atoms with Gasteiger partial charge in [0.15, 0.2) is 35.2 Å². The monoisotopic (exact) mass is 519 g/mol. The summed E-state index contributed by atoms with van der Waals surface area (Å²) in [6.45, 7) is 0.914. The number of methoxy groups -OCH3 is 5. The van der Waals surface area contributed by atoms with Crippen LogP contribution in [0.2, 0.25) is 0 Å². The second-order valence-corrected chi connectivity index (χ2v) is 9.35. The molecular formula is C25H29NO9S. The van der Waals surface area contributed by atoms with Crippen LogP contribution in [-0.2, 0) is 23.4 Å². The Bertz CT molecular complexity index is 1410. The number of hydrogen-bond acceptors (Lipinski definition) is 8. The van der Waals surface area contributed by atoms with E-state index in [1.807, 2.05) is 0 Å². The molecule has 194 valence electrons. The third kappa shape index (κ3) is 4.86. The molecule has 10 nitrogen and oxygen atoms in total. The van der Waals surface area contributed by atoms with Gasteiger partial charge in [0.2, 0.25) is 21.8 Å². The van der Waals surface area contributed by atoms with E-state index in [-0.39, 0.29) is 0 Å². The second kappa shape index (κ2) is 10.00. The van der Waals surface area contributed by atoms with Crippen LogP contribution in [0.25, 0.3) is 22.0 Å². The van der Waals surface area contributed by atoms with Gasteiger partial charge in [-0.15, -0.1) is 0 Å². The Balaban J connectivity index is 0.000000556. The minimum Gasteiger partial charge on any atom is -0.726 e. The molecule has 1 saturated carbocycles. The molecule has 1 aliphatic carbocycles. The molecule has 0 amide bonds. The van der Waals surface area contributed by atoms with E-state index in [0.717, 1.165) is 41.0 Å². The molecule has 0 radical (unpaired) electrons. The summed E-state index contributed by atoms with van der Waals surface area (Å²) in [5, 5.41) is 2.21. The lowest BCUT2D eigenvalue weighted by molar-refractivity contribution is -0.693. The fraction of sp³-hybridized carbons (Fsp3) is 0.400. The summed E-state index contributed by atoms with van der Waals surface area (Å²) in [4.78, 5) is 0. The average Bonchev–Trinajstić information content (AvgIpc) is 3.69. The standard InChI is InChI=1S/C25H28NO5.H2O4S/c1-27-19-11-15-8-9-26-18(17(15)13-20(19)28-2)10-16-12-21(29-3)24(30-4)25(31-5)22(16)23(26)14-6-7-14;1-5(2,3)4/h10-14H,6-9H2,1-5H3;(H2,1,2,3,4)/q+1;/p-1. The quantitative estimate of drug-likeness (QED) is 0.296. The van der Waals surface area contributed by atoms with Crippen molar-refractivity contribution in [1.82, 2.24) is 0 Å². The maximum absolute atomic E-state index is 8.63. The highest BCUT2D eigenvalue weighted by atomic mass is 32.3. The predicted octanol–water partition coefficient (Wildman–Crippen LogP) is 3.28. The van der Waals surface area contributed by atoms with Crippen LogP contribution in [0, 0.1) is 0 Å². The van der Waals surface area contributed by atoms with Gasteiger partial charge in [0.05, 0.1) is 46.5 Å². The highest BCUT2D eigenvalue weighted by Crippen LogP contribution is 2.51. The smallest absolute Gasteiger partial charge is 0.215 e. The van der Waals surface area contributed by atoms with Crippen molar-refractivity contribution in [3.05, 3.63) is 35.5 Å². The molecule has 2 aromatic carbocycles. The Morgan fingerprint density at radius 2 is 1.44 bits per heavy atom. The largest absolute Gasteiger partial charge is 0.726 e. The first-order valence-corrected chi connectivity index (χ1v) is 12.6. The van der Waals surface area contributed by atoms with Gasteiger partial charge in [-0.2, -0.15) is 4.57 Å². The van der Waals surface area contributed by atoms with Crippen molar-refractivity contribution in [2.75, 3.05) is 35.5 Å². The Hall–Kier alpha value is -3.28. The van der Waals surface area contributed by atoms with Crippen LogP contribution < -0.4 is 28.3 Å². The van der Waals surface area contributed by atoms with E-state index in [0.29, 0.717) is 17.4 Å². The summed E-state index contributed by atoms with van der Waals surface area (Å²) in [7, 11) is 3.46. The molecule has 0 saturated heterocycles. The molecule has 1 aliphatic heterocycles. The summed E-state index contributed by atoms with van der Waals surface area (Å²) in [5.41, 5.74) is 4.96. The molecule has 1 fully saturated rings. The van der Waals surface area contributed by atoms with Crippen LogP contribution >= 0.6 is 0 Å². The zero-order chi connectivity index (χ0) is 26.2. The number of aryl methyl sites for hydroxylation is 1. The molecule has 2 heterocycles. The van der Waals surface area contributed by atoms with Crippen molar-refractivity contribution in [1.29, 1.82) is 0 Å². The number of rotatable bonds is 6. The first kappa shape index (κ1) is 25.8. The van der Waals surface area contributed by atoms with Crippen LogP contribution in [0.4, 0.5) is 0 Å². The molecular weight excluding hydrogens is 490 g/mol. The van der Waals surface area contributed by atoms with Crippen molar-refractivity contribution >= 4 is 21.2 Å². The summed E-state index contributed by atoms with van der Waals surface area (Å²) >= 11 is 0. The van der Waals surface area contributed by atoms with Gasteiger partial charge in [0.1, 0.15) is 0 Å². The number of fused-ring (bicyclic) bond motifs is 4. The molecule has 1 aromatic heterocycles. The van der Waals surface area contributed by atoms with Crippen molar-refractivity contribution in [3.8, 4) is 40.0 Å². The Morgan fingerprint density at radius 3 is 1.97 bits per heavy atom. The second-order valence-electron chi connectivity index (χ2n) is 8.49. The third-order valence-corrected chi connectivity index (χ3v) is 6.44. The fourth-order valence-electron chi connectivity index (χ4n) is 4.89. The van der Waals surface area contributed by atoms with Gasteiger partial charge in [-0.25, -0.2) is 8.42 Å². The summed E-state index contributed by atoms with van der Waals surface area (Å²) in [5.74, 6) is 4.09. The topological polar surface area (TPSA) is 127 Å². The number of nitrogens with zero attached hydrogens (tertiary/aromatic N) is 1. The van der Waals surface area contributed by atoms with E-state index in [1.165, 1.54) is 35.4 Å². The van der Waals surface area contributed by atoms with Crippen LogP contribution in [0.1, 0.15) is 30.0 Å². The van der Waals surface area contributed by atoms with E-state index >= 15 is 0 Å². The van der Waals surface area contributed by atoms with E-state index < -0.39 is 10.4 Å². The van der Waals surface area contributed by atoms with E-state index in [9.17, 15) is 0 Å². The number of pyridine rings is 1. The zero-order valence-electron chi connectivity index (χ0n) is 20.8. The first-order valence-electron chi connectivity index (χ1n) is 11.3. The fourth-order valence-corrected chi connectivity index (χ4v) is 4.89. The molecule has 1 N–H and O–H groups in total. The number of hydrogen-bond donors (Lipinski definition) is 1. The first-order chi connectivity index (χ1) is 17.1. The summed E-state index contributed by atoms with van der Waals surface area (Å²) < 4.78 is 63.6. The summed E-state index contributed by atoms with van der Waals surface area (Å²) in [6.07, 6.45) is 3.32. The Morgan fingerprint density at radius 1 is 0.861 bits per heavy atom. The molecule has 0 unspecified atom stereocenters. The van der Waals surface area contributed by atoms with E-state index in [1.54, 1.807) is 35.5 Å². The van der Waals surface area contributed by atoms with Crippen LogP contribution in [-0.4, -0.2) is 53.1 Å². The zero-order valence-corrected chi connectivity index (χ0v) is 21.6. The lowest BCUT2D eigenvalue weighted by Crippen LogP contribution is -2.44. The maximum Gasteiger partial charge on any atom is 0.215 e. The number of ether oxygens (including phenoxy) is 5. The molecule has 0 bridgehead atoms. The SMILES string of the molecule is COc1cc2c(cc1OC)-c1cc3cc(OC)c(OC)c(OC)c3c(C3CC3)[n+]1CC2.O=S(=O)([O-])O. The lowest BCUT2D eigenvalue weighted by Gasteiger charge is -2.22. The summed E-state index contributed by atoms with van der Waals surface area (Å²) in [6, 6.07) is 8.49. The Labute approximate surface area is 209 Å². The van der Waals surface area contributed by atoms with Gasteiger partial charge < -0.3 is 28.2 Å². The maximum atomic E-state index is 8.63. The molecule has 36 heavy (non-hydrogen) atoms. The van der Waals surface area contributed by atoms with E-state index in [2.05, 4.69) is 28.8 Å². The van der Waals surface area contributed by atoms with Gasteiger partial charge in [-0.3, -0.25) is 4.55 Å². The van der Waals surface area contributed by atoms with Gasteiger partial charge in [0.25, 0.3) is 0 Å². The predicted molar refractivity (Wildman–Crippen MR) is 130 cm³/mol. The van der Waals surface area contributed by atoms with Crippen LogP contribution in [0.5, 0.6) is 28.7 Å². The van der Waals surface area contributed by atoms with Crippen LogP contribution in [0.15, 0.2) is 24.3 Å². The highest BCUT2D eigenvalue weighted by Gasteiger charge is 2.40. The van der Waals surface area contributed by atoms with Gasteiger partial charge >= 0.3 is 0 Å². The molecule has 0 spiro atoms. The van der Waals surface area contributed by atoms with Crippen LogP contribution in [0.3, 0.4) is 0 Å². The van der Waals surface area contributed by atoms with Crippen molar-refractivity contribution < 1.29 is 45.8 Å². The lowest BCUT2D eigenvalue weighted by atomic mass is 9.92. The van der Waals surface area contributed by atoms with Gasteiger partial charge in [-0.05, 0) is 36.6 Å². The third-order valence-electron chi connectivity index (χ3n) is 6.44. The van der Waals surface area contributed by atoms with Crippen molar-refractivity contribution in [2.45, 2.75) is 31.7 Å². The van der Waals surface area contributed by atoms with Crippen molar-refractivity contribution in [2.24, 2.45) is 0 Å². The highest BCUT2D eigenvalue weighted by molar-refractivity contribution is 7.79. The minimum absolute atomic E-state index is 0.524. The van der Waals surface area contributed by atoms with Crippen molar-refractivity contribution in [3.63, 3.8) is 0 Å². The van der Waals surface area contributed by atoms with Gasteiger partial charge in [0, 0.05) is 23.8 Å². The van der Waals surface area contributed by atoms with Gasteiger partial charge in [-0.1, -0.05) is 0 Å². The molecule has 11 heteroatoms.